The van der Waals surface area contributed by atoms with Crippen molar-refractivity contribution in [2.45, 2.75) is 32.9 Å². The number of nitrogens with one attached hydrogen (secondary N) is 1. The Labute approximate surface area is 130 Å². The van der Waals surface area contributed by atoms with E-state index in [4.69, 9.17) is 5.26 Å². The van der Waals surface area contributed by atoms with Crippen LogP contribution in [0, 0.1) is 23.1 Å². The van der Waals surface area contributed by atoms with Crippen molar-refractivity contribution in [3.8, 4) is 11.8 Å². The van der Waals surface area contributed by atoms with Gasteiger partial charge in [0, 0.05) is 18.7 Å². The second-order valence-corrected chi connectivity index (χ2v) is 4.98. The number of hydrogen-bond donors (Lipinski definition) is 2. The minimum absolute atomic E-state index is 0.0693. The molecule has 0 saturated carbocycles. The fraction of sp³-hybridized carbons (Fsp3) is 0.500. The molecule has 2 unspecified atom stereocenters. The Morgan fingerprint density at radius 1 is 1.55 bits per heavy atom. The summed E-state index contributed by atoms with van der Waals surface area (Å²) >= 11 is 0. The average molecular weight is 307 g/mol. The smallest absolute Gasteiger partial charge is 0.224 e. The predicted octanol–water partition coefficient (Wildman–Crippen LogP) is 2.02. The van der Waals surface area contributed by atoms with Crippen LogP contribution in [-0.4, -0.2) is 35.5 Å². The zero-order valence-electron chi connectivity index (χ0n) is 13.1. The number of carbonyl (C=O) groups is 1. The molecule has 2 atom stereocenters. The van der Waals surface area contributed by atoms with E-state index in [1.54, 1.807) is 13.1 Å². The van der Waals surface area contributed by atoms with Gasteiger partial charge in [0.05, 0.1) is 18.0 Å². The van der Waals surface area contributed by atoms with Crippen molar-refractivity contribution in [3.05, 3.63) is 29.6 Å². The number of halogens is 1. The number of benzene rings is 1. The van der Waals surface area contributed by atoms with E-state index >= 15 is 0 Å². The zero-order valence-corrected chi connectivity index (χ0v) is 13.1. The fourth-order valence-electron chi connectivity index (χ4n) is 2.37. The SMILES string of the molecule is CC.CN1CC(C(=O)NCc2cccc(F)c2O)CC1C#N. The van der Waals surface area contributed by atoms with Crippen molar-refractivity contribution in [2.24, 2.45) is 5.92 Å². The Kier molecular flexibility index (Phi) is 6.80. The van der Waals surface area contributed by atoms with Gasteiger partial charge in [0.1, 0.15) is 0 Å². The van der Waals surface area contributed by atoms with Gasteiger partial charge in [-0.05, 0) is 19.5 Å². The van der Waals surface area contributed by atoms with Gasteiger partial charge in [0.15, 0.2) is 11.6 Å². The van der Waals surface area contributed by atoms with Gasteiger partial charge >= 0.3 is 0 Å². The molecule has 1 heterocycles. The van der Waals surface area contributed by atoms with Crippen LogP contribution in [0.4, 0.5) is 4.39 Å². The van der Waals surface area contributed by atoms with E-state index in [1.807, 2.05) is 18.7 Å². The summed E-state index contributed by atoms with van der Waals surface area (Å²) in [7, 11) is 1.81. The largest absolute Gasteiger partial charge is 0.505 e. The topological polar surface area (TPSA) is 76.4 Å². The van der Waals surface area contributed by atoms with E-state index in [0.717, 1.165) is 6.07 Å². The standard InChI is InChI=1S/C14H16FN3O2.C2H6/c1-18-8-10(5-11(18)6-16)14(20)17-7-9-3-2-4-12(15)13(9)19;1-2/h2-4,10-11,19H,5,7-8H2,1H3,(H,17,20);1-2H3. The Balaban J connectivity index is 0.00000116. The molecular weight excluding hydrogens is 285 g/mol. The maximum atomic E-state index is 13.1. The quantitative estimate of drug-likeness (QED) is 0.895. The molecule has 1 saturated heterocycles. The zero-order chi connectivity index (χ0) is 16.7. The van der Waals surface area contributed by atoms with Gasteiger partial charge in [-0.2, -0.15) is 5.26 Å². The lowest BCUT2D eigenvalue weighted by Crippen LogP contribution is -2.31. The van der Waals surface area contributed by atoms with Crippen LogP contribution in [-0.2, 0) is 11.3 Å². The van der Waals surface area contributed by atoms with Gasteiger partial charge in [0.2, 0.25) is 5.91 Å². The third-order valence-corrected chi connectivity index (χ3v) is 3.59. The Hall–Kier alpha value is -2.13. The maximum absolute atomic E-state index is 13.1. The van der Waals surface area contributed by atoms with Crippen molar-refractivity contribution in [1.82, 2.24) is 10.2 Å². The number of nitrogens with zero attached hydrogens (tertiary/aromatic N) is 2. The molecule has 1 aromatic rings. The van der Waals surface area contributed by atoms with Crippen LogP contribution in [0.2, 0.25) is 0 Å². The first-order valence-electron chi connectivity index (χ1n) is 7.37. The summed E-state index contributed by atoms with van der Waals surface area (Å²) in [6.07, 6.45) is 0.494. The summed E-state index contributed by atoms with van der Waals surface area (Å²) in [4.78, 5) is 13.8. The number of para-hydroxylation sites is 1. The van der Waals surface area contributed by atoms with Crippen LogP contribution in [0.3, 0.4) is 0 Å². The van der Waals surface area contributed by atoms with Crippen LogP contribution >= 0.6 is 0 Å². The molecule has 1 amide bonds. The minimum atomic E-state index is -0.707. The molecule has 1 aliphatic heterocycles. The number of nitriles is 1. The molecular formula is C16H22FN3O2. The molecule has 0 spiro atoms. The normalized spacial score (nSPS) is 20.7. The summed E-state index contributed by atoms with van der Waals surface area (Å²) in [6.45, 7) is 4.60. The first-order chi connectivity index (χ1) is 10.5. The van der Waals surface area contributed by atoms with Crippen molar-refractivity contribution in [2.75, 3.05) is 13.6 Å². The van der Waals surface area contributed by atoms with Gasteiger partial charge in [-0.3, -0.25) is 9.69 Å². The number of likely N-dealkylation sites (tertiary alicyclic amines) is 1. The summed E-state index contributed by atoms with van der Waals surface area (Å²) in [5, 5.41) is 21.1. The Bertz CT molecular complexity index is 557. The summed E-state index contributed by atoms with van der Waals surface area (Å²) in [5.41, 5.74) is 0.335. The molecule has 2 rings (SSSR count). The maximum Gasteiger partial charge on any atom is 0.224 e. The molecule has 2 N–H and O–H groups in total. The number of phenols is 1. The lowest BCUT2D eigenvalue weighted by atomic mass is 10.1. The molecule has 1 fully saturated rings. The van der Waals surface area contributed by atoms with Gasteiger partial charge in [0.25, 0.3) is 0 Å². The van der Waals surface area contributed by atoms with Gasteiger partial charge in [-0.1, -0.05) is 26.0 Å². The highest BCUT2D eigenvalue weighted by molar-refractivity contribution is 5.79. The molecule has 0 bridgehead atoms. The van der Waals surface area contributed by atoms with E-state index in [1.165, 1.54) is 6.07 Å². The Morgan fingerprint density at radius 2 is 2.23 bits per heavy atom. The highest BCUT2D eigenvalue weighted by Crippen LogP contribution is 2.23. The number of carbonyl (C=O) groups excluding carboxylic acids is 1. The second-order valence-electron chi connectivity index (χ2n) is 4.98. The van der Waals surface area contributed by atoms with Crippen molar-refractivity contribution in [1.29, 1.82) is 5.26 Å². The van der Waals surface area contributed by atoms with Crippen LogP contribution in [0.25, 0.3) is 0 Å². The van der Waals surface area contributed by atoms with Crippen LogP contribution in [0.1, 0.15) is 25.8 Å². The first kappa shape index (κ1) is 17.9. The highest BCUT2D eigenvalue weighted by Gasteiger charge is 2.33. The molecule has 0 radical (unpaired) electrons. The van der Waals surface area contributed by atoms with Crippen LogP contribution in [0.5, 0.6) is 5.75 Å². The van der Waals surface area contributed by atoms with E-state index < -0.39 is 11.6 Å². The van der Waals surface area contributed by atoms with Gasteiger partial charge < -0.3 is 10.4 Å². The number of hydrogen-bond acceptors (Lipinski definition) is 4. The molecule has 0 aliphatic carbocycles. The van der Waals surface area contributed by atoms with Gasteiger partial charge in [-0.25, -0.2) is 4.39 Å². The molecule has 1 aliphatic rings. The third kappa shape index (κ3) is 4.18. The van der Waals surface area contributed by atoms with E-state index in [9.17, 15) is 14.3 Å². The fourth-order valence-corrected chi connectivity index (χ4v) is 2.37. The van der Waals surface area contributed by atoms with Crippen molar-refractivity contribution in [3.63, 3.8) is 0 Å². The molecule has 120 valence electrons. The first-order valence-corrected chi connectivity index (χ1v) is 7.37. The van der Waals surface area contributed by atoms with Crippen LogP contribution in [0.15, 0.2) is 18.2 Å². The number of aromatic hydroxyl groups is 1. The summed E-state index contributed by atoms with van der Waals surface area (Å²) < 4.78 is 13.1. The molecule has 22 heavy (non-hydrogen) atoms. The van der Waals surface area contributed by atoms with Gasteiger partial charge in [-0.15, -0.1) is 0 Å². The highest BCUT2D eigenvalue weighted by atomic mass is 19.1. The van der Waals surface area contributed by atoms with E-state index in [-0.39, 0.29) is 24.4 Å². The third-order valence-electron chi connectivity index (χ3n) is 3.59. The molecule has 0 aromatic heterocycles. The second kappa shape index (κ2) is 8.35. The minimum Gasteiger partial charge on any atom is -0.505 e. The van der Waals surface area contributed by atoms with Crippen molar-refractivity contribution < 1.29 is 14.3 Å². The summed E-state index contributed by atoms with van der Waals surface area (Å²) in [6, 6.07) is 6.09. The van der Waals surface area contributed by atoms with E-state index in [0.29, 0.717) is 18.5 Å². The number of phenolic OH excluding ortho intramolecular Hbond substituents is 1. The number of rotatable bonds is 3. The Morgan fingerprint density at radius 3 is 2.82 bits per heavy atom. The molecule has 5 nitrogen and oxygen atoms in total. The van der Waals surface area contributed by atoms with Crippen LogP contribution < -0.4 is 5.32 Å². The van der Waals surface area contributed by atoms with E-state index in [2.05, 4.69) is 11.4 Å². The number of amides is 1. The average Bonchev–Trinajstić information content (AvgIpc) is 2.91. The lowest BCUT2D eigenvalue weighted by Gasteiger charge is -2.12. The van der Waals surface area contributed by atoms with Crippen molar-refractivity contribution >= 4 is 5.91 Å². The lowest BCUT2D eigenvalue weighted by molar-refractivity contribution is -0.124. The molecule has 6 heteroatoms. The molecule has 1 aromatic carbocycles. The predicted molar refractivity (Wildman–Crippen MR) is 81.4 cm³/mol. The monoisotopic (exact) mass is 307 g/mol. The summed E-state index contributed by atoms with van der Waals surface area (Å²) in [5.74, 6) is -1.58.